The molecule has 0 heterocycles. The summed E-state index contributed by atoms with van der Waals surface area (Å²) in [6, 6.07) is 4.00. The fourth-order valence-corrected chi connectivity index (χ4v) is 1.72. The largest absolute Gasteiger partial charge is 0.489 e. The number of halogens is 1. The number of benzene rings is 1. The highest BCUT2D eigenvalue weighted by atomic mass is 35.5. The second kappa shape index (κ2) is 3.47. The van der Waals surface area contributed by atoms with Crippen molar-refractivity contribution in [1.82, 2.24) is 0 Å². The van der Waals surface area contributed by atoms with E-state index in [1.165, 1.54) is 11.1 Å². The summed E-state index contributed by atoms with van der Waals surface area (Å²) in [5, 5.41) is 0.729. The Hall–Kier alpha value is -0.690. The Kier molecular flexibility index (Phi) is 2.44. The third-order valence-electron chi connectivity index (χ3n) is 2.86. The first-order valence-electron chi connectivity index (χ1n) is 5.01. The zero-order chi connectivity index (χ0) is 10.3. The number of hydrogen-bond acceptors (Lipinski definition) is 1. The van der Waals surface area contributed by atoms with E-state index in [-0.39, 0.29) is 0 Å². The summed E-state index contributed by atoms with van der Waals surface area (Å²) in [5.41, 5.74) is 2.45. The van der Waals surface area contributed by atoms with Gasteiger partial charge in [-0.2, -0.15) is 0 Å². The van der Waals surface area contributed by atoms with Crippen molar-refractivity contribution < 1.29 is 4.74 Å². The molecule has 0 N–H and O–H groups in total. The lowest BCUT2D eigenvalue weighted by molar-refractivity contribution is 0.288. The molecule has 0 bridgehead atoms. The molecule has 2 heteroatoms. The highest BCUT2D eigenvalue weighted by Crippen LogP contribution is 2.37. The summed E-state index contributed by atoms with van der Waals surface area (Å²) >= 11 is 6.10. The minimum Gasteiger partial charge on any atom is -0.489 e. The number of hydrogen-bond donors (Lipinski definition) is 0. The fraction of sp³-hybridized carbons (Fsp3) is 0.500. The van der Waals surface area contributed by atoms with Gasteiger partial charge in [0.2, 0.25) is 0 Å². The van der Waals surface area contributed by atoms with Gasteiger partial charge in [-0.25, -0.2) is 0 Å². The lowest BCUT2D eigenvalue weighted by Crippen LogP contribution is -2.00. The maximum atomic E-state index is 6.10. The summed E-state index contributed by atoms with van der Waals surface area (Å²) in [5.74, 6) is 1.52. The average Bonchev–Trinajstić information content (AvgIpc) is 2.78. The summed E-state index contributed by atoms with van der Waals surface area (Å²) in [6.07, 6.45) is 1.54. The molecule has 0 amide bonds. The molecule has 2 atom stereocenters. The molecular formula is C12H15ClO. The summed E-state index contributed by atoms with van der Waals surface area (Å²) < 4.78 is 5.77. The Morgan fingerprint density at radius 2 is 1.86 bits per heavy atom. The Morgan fingerprint density at radius 3 is 2.43 bits per heavy atom. The van der Waals surface area contributed by atoms with E-state index in [0.717, 1.165) is 17.2 Å². The van der Waals surface area contributed by atoms with Crippen molar-refractivity contribution >= 4 is 11.6 Å². The van der Waals surface area contributed by atoms with Gasteiger partial charge in [-0.05, 0) is 49.4 Å². The maximum Gasteiger partial charge on any atom is 0.138 e. The van der Waals surface area contributed by atoms with Crippen LogP contribution in [-0.4, -0.2) is 6.10 Å². The van der Waals surface area contributed by atoms with E-state index in [1.54, 1.807) is 0 Å². The van der Waals surface area contributed by atoms with Gasteiger partial charge >= 0.3 is 0 Å². The van der Waals surface area contributed by atoms with Crippen LogP contribution >= 0.6 is 11.6 Å². The third kappa shape index (κ3) is 1.88. The molecule has 0 saturated heterocycles. The molecule has 14 heavy (non-hydrogen) atoms. The van der Waals surface area contributed by atoms with Gasteiger partial charge in [0.05, 0.1) is 5.02 Å². The minimum absolute atomic E-state index is 0.384. The van der Waals surface area contributed by atoms with Gasteiger partial charge in [0.15, 0.2) is 0 Å². The summed E-state index contributed by atoms with van der Waals surface area (Å²) in [4.78, 5) is 0. The van der Waals surface area contributed by atoms with Gasteiger partial charge < -0.3 is 4.74 Å². The normalized spacial score (nSPS) is 24.9. The van der Waals surface area contributed by atoms with Crippen LogP contribution in [0.1, 0.15) is 24.5 Å². The van der Waals surface area contributed by atoms with Crippen molar-refractivity contribution in [1.29, 1.82) is 0 Å². The molecule has 76 valence electrons. The smallest absolute Gasteiger partial charge is 0.138 e. The fourth-order valence-electron chi connectivity index (χ4n) is 1.46. The van der Waals surface area contributed by atoms with Gasteiger partial charge in [-0.3, -0.25) is 0 Å². The molecule has 2 rings (SSSR count). The van der Waals surface area contributed by atoms with E-state index in [9.17, 15) is 0 Å². The van der Waals surface area contributed by atoms with Gasteiger partial charge in [0.1, 0.15) is 11.9 Å². The highest BCUT2D eigenvalue weighted by Gasteiger charge is 2.35. The molecule has 1 aromatic rings. The lowest BCUT2D eigenvalue weighted by Gasteiger charge is -2.09. The second-order valence-electron chi connectivity index (χ2n) is 4.24. The van der Waals surface area contributed by atoms with Crippen LogP contribution in [0.25, 0.3) is 0 Å². The van der Waals surface area contributed by atoms with Crippen LogP contribution in [0.5, 0.6) is 5.75 Å². The van der Waals surface area contributed by atoms with Crippen LogP contribution in [0.2, 0.25) is 5.02 Å². The SMILES string of the molecule is Cc1cc(Cl)c(OC2C[C@@H]2C)cc1C. The predicted octanol–water partition coefficient (Wildman–Crippen LogP) is 3.74. The molecule has 1 aliphatic carbocycles. The van der Waals surface area contributed by atoms with Crippen LogP contribution in [0.3, 0.4) is 0 Å². The van der Waals surface area contributed by atoms with E-state index >= 15 is 0 Å². The van der Waals surface area contributed by atoms with Crippen molar-refractivity contribution in [2.75, 3.05) is 0 Å². The maximum absolute atomic E-state index is 6.10. The third-order valence-corrected chi connectivity index (χ3v) is 3.16. The molecule has 1 unspecified atom stereocenters. The molecule has 0 spiro atoms. The Labute approximate surface area is 90.0 Å². The average molecular weight is 211 g/mol. The van der Waals surface area contributed by atoms with Crippen molar-refractivity contribution in [3.05, 3.63) is 28.3 Å². The van der Waals surface area contributed by atoms with Gasteiger partial charge in [0, 0.05) is 0 Å². The van der Waals surface area contributed by atoms with E-state index in [1.807, 2.05) is 12.1 Å². The van der Waals surface area contributed by atoms with Gasteiger partial charge in [-0.15, -0.1) is 0 Å². The number of ether oxygens (including phenoxy) is 1. The molecular weight excluding hydrogens is 196 g/mol. The minimum atomic E-state index is 0.384. The first-order chi connectivity index (χ1) is 6.58. The molecule has 0 aliphatic heterocycles. The first kappa shape index (κ1) is 9.85. The van der Waals surface area contributed by atoms with E-state index in [4.69, 9.17) is 16.3 Å². The van der Waals surface area contributed by atoms with Crippen LogP contribution in [-0.2, 0) is 0 Å². The quantitative estimate of drug-likeness (QED) is 0.723. The highest BCUT2D eigenvalue weighted by molar-refractivity contribution is 6.32. The Morgan fingerprint density at radius 1 is 1.29 bits per heavy atom. The van der Waals surface area contributed by atoms with Crippen LogP contribution in [0.4, 0.5) is 0 Å². The first-order valence-corrected chi connectivity index (χ1v) is 5.39. The van der Waals surface area contributed by atoms with Crippen LogP contribution in [0, 0.1) is 19.8 Å². The second-order valence-corrected chi connectivity index (χ2v) is 4.64. The Bertz CT molecular complexity index is 360. The van der Waals surface area contributed by atoms with Crippen LogP contribution in [0.15, 0.2) is 12.1 Å². The molecule has 1 aliphatic rings. The zero-order valence-electron chi connectivity index (χ0n) is 8.80. The zero-order valence-corrected chi connectivity index (χ0v) is 9.56. The van der Waals surface area contributed by atoms with Gasteiger partial charge in [0.25, 0.3) is 0 Å². The molecule has 1 fully saturated rings. The molecule has 1 aromatic carbocycles. The van der Waals surface area contributed by atoms with Crippen molar-refractivity contribution in [3.8, 4) is 5.75 Å². The molecule has 1 nitrogen and oxygen atoms in total. The number of rotatable bonds is 2. The van der Waals surface area contributed by atoms with Crippen molar-refractivity contribution in [2.45, 2.75) is 33.3 Å². The van der Waals surface area contributed by atoms with Crippen molar-refractivity contribution in [2.24, 2.45) is 5.92 Å². The van der Waals surface area contributed by atoms with E-state index in [2.05, 4.69) is 20.8 Å². The van der Waals surface area contributed by atoms with Crippen molar-refractivity contribution in [3.63, 3.8) is 0 Å². The van der Waals surface area contributed by atoms with E-state index < -0.39 is 0 Å². The molecule has 0 aromatic heterocycles. The summed E-state index contributed by atoms with van der Waals surface area (Å²) in [7, 11) is 0. The number of aryl methyl sites for hydroxylation is 2. The standard InChI is InChI=1S/C12H15ClO/c1-7-4-10(13)12(5-8(7)2)14-11-6-9(11)3/h4-5,9,11H,6H2,1-3H3/t9-,11?/m0/s1. The molecule has 0 radical (unpaired) electrons. The Balaban J connectivity index is 2.20. The summed E-state index contributed by atoms with van der Waals surface area (Å²) in [6.45, 7) is 6.33. The topological polar surface area (TPSA) is 9.23 Å². The predicted molar refractivity (Wildman–Crippen MR) is 59.1 cm³/mol. The van der Waals surface area contributed by atoms with E-state index in [0.29, 0.717) is 12.0 Å². The molecule has 1 saturated carbocycles. The monoisotopic (exact) mass is 210 g/mol. The lowest BCUT2D eigenvalue weighted by atomic mass is 10.1. The van der Waals surface area contributed by atoms with Gasteiger partial charge in [-0.1, -0.05) is 18.5 Å². The van der Waals surface area contributed by atoms with Crippen LogP contribution < -0.4 is 4.74 Å².